The highest BCUT2D eigenvalue weighted by Gasteiger charge is 2.25. The second-order valence-electron chi connectivity index (χ2n) is 5.83. The molecule has 0 aromatic heterocycles. The molecule has 1 aromatic rings. The van der Waals surface area contributed by atoms with Crippen molar-refractivity contribution in [1.82, 2.24) is 5.32 Å². The second-order valence-corrected chi connectivity index (χ2v) is 5.83. The summed E-state index contributed by atoms with van der Waals surface area (Å²) in [6, 6.07) is 4.99. The minimum absolute atomic E-state index is 0.499. The fourth-order valence-electron chi connectivity index (χ4n) is 2.71. The summed E-state index contributed by atoms with van der Waals surface area (Å²) in [5, 5.41) is 3.58. The molecule has 98 valence electrons. The largest absolute Gasteiger partial charge is 0.493 e. The zero-order valence-electron chi connectivity index (χ0n) is 11.5. The van der Waals surface area contributed by atoms with Crippen molar-refractivity contribution in [3.63, 3.8) is 0 Å². The lowest BCUT2D eigenvalue weighted by molar-refractivity contribution is 0.292. The van der Waals surface area contributed by atoms with E-state index in [0.29, 0.717) is 6.04 Å². The quantitative estimate of drug-likeness (QED) is 0.876. The molecule has 0 amide bonds. The van der Waals surface area contributed by atoms with Gasteiger partial charge in [0.25, 0.3) is 0 Å². The highest BCUT2D eigenvalue weighted by Crippen LogP contribution is 2.37. The molecule has 3 rings (SSSR count). The van der Waals surface area contributed by atoms with Gasteiger partial charge in [-0.05, 0) is 63.1 Å². The van der Waals surface area contributed by atoms with Crippen molar-refractivity contribution < 1.29 is 4.74 Å². The molecule has 2 nitrogen and oxygen atoms in total. The fourth-order valence-corrected chi connectivity index (χ4v) is 2.71. The van der Waals surface area contributed by atoms with Gasteiger partial charge in [0.15, 0.2) is 0 Å². The molecule has 0 bridgehead atoms. The SMILES string of the molecule is Cc1ccc(C2CCCN2)c(OCC2CC2)c1C. The van der Waals surface area contributed by atoms with Crippen LogP contribution < -0.4 is 10.1 Å². The highest BCUT2D eigenvalue weighted by atomic mass is 16.5. The van der Waals surface area contributed by atoms with Gasteiger partial charge in [-0.1, -0.05) is 12.1 Å². The Bertz CT molecular complexity index is 431. The number of hydrogen-bond donors (Lipinski definition) is 1. The predicted octanol–water partition coefficient (Wildman–Crippen LogP) is 3.52. The van der Waals surface area contributed by atoms with Crippen molar-refractivity contribution in [2.45, 2.75) is 45.6 Å². The Balaban J connectivity index is 1.87. The molecule has 1 aromatic carbocycles. The molecular formula is C16H23NO. The third-order valence-electron chi connectivity index (χ3n) is 4.30. The molecule has 1 unspecified atom stereocenters. The summed E-state index contributed by atoms with van der Waals surface area (Å²) in [5.74, 6) is 1.97. The lowest BCUT2D eigenvalue weighted by Crippen LogP contribution is -2.15. The molecule has 0 spiro atoms. The molecule has 2 aliphatic rings. The van der Waals surface area contributed by atoms with Crippen LogP contribution in [0.15, 0.2) is 12.1 Å². The molecule has 18 heavy (non-hydrogen) atoms. The Labute approximate surface area is 110 Å². The van der Waals surface area contributed by atoms with E-state index in [2.05, 4.69) is 31.3 Å². The normalized spacial score (nSPS) is 23.3. The second kappa shape index (κ2) is 4.93. The van der Waals surface area contributed by atoms with Gasteiger partial charge < -0.3 is 10.1 Å². The topological polar surface area (TPSA) is 21.3 Å². The highest BCUT2D eigenvalue weighted by molar-refractivity contribution is 5.47. The Kier molecular flexibility index (Phi) is 3.29. The smallest absolute Gasteiger partial charge is 0.127 e. The molecule has 1 atom stereocenters. The number of hydrogen-bond acceptors (Lipinski definition) is 2. The average Bonchev–Trinajstić information content (AvgIpc) is 3.04. The molecule has 1 saturated heterocycles. The van der Waals surface area contributed by atoms with E-state index in [4.69, 9.17) is 4.74 Å². The first-order chi connectivity index (χ1) is 8.75. The van der Waals surface area contributed by atoms with Gasteiger partial charge in [0, 0.05) is 11.6 Å². The summed E-state index contributed by atoms with van der Waals surface area (Å²) >= 11 is 0. The maximum atomic E-state index is 6.15. The van der Waals surface area contributed by atoms with E-state index < -0.39 is 0 Å². The van der Waals surface area contributed by atoms with Crippen LogP contribution in [0.25, 0.3) is 0 Å². The average molecular weight is 245 g/mol. The van der Waals surface area contributed by atoms with Crippen LogP contribution in [0.1, 0.15) is 48.4 Å². The van der Waals surface area contributed by atoms with E-state index in [9.17, 15) is 0 Å². The minimum Gasteiger partial charge on any atom is -0.493 e. The Morgan fingerprint density at radius 2 is 2.06 bits per heavy atom. The summed E-state index contributed by atoms with van der Waals surface area (Å²) in [5.41, 5.74) is 4.03. The van der Waals surface area contributed by atoms with Crippen LogP contribution in [-0.2, 0) is 0 Å². The molecule has 1 heterocycles. The molecular weight excluding hydrogens is 222 g/mol. The lowest BCUT2D eigenvalue weighted by atomic mass is 9.98. The third kappa shape index (κ3) is 2.39. The van der Waals surface area contributed by atoms with Crippen LogP contribution >= 0.6 is 0 Å². The summed E-state index contributed by atoms with van der Waals surface area (Å²) in [6.07, 6.45) is 5.21. The zero-order chi connectivity index (χ0) is 12.5. The Morgan fingerprint density at radius 1 is 1.22 bits per heavy atom. The van der Waals surface area contributed by atoms with Crippen LogP contribution in [0.3, 0.4) is 0 Å². The Hall–Kier alpha value is -1.02. The van der Waals surface area contributed by atoms with Crippen molar-refractivity contribution in [2.75, 3.05) is 13.2 Å². The van der Waals surface area contributed by atoms with Crippen molar-refractivity contribution in [2.24, 2.45) is 5.92 Å². The van der Waals surface area contributed by atoms with Gasteiger partial charge in [0.05, 0.1) is 6.61 Å². The maximum absolute atomic E-state index is 6.15. The molecule has 1 aliphatic heterocycles. The summed E-state index contributed by atoms with van der Waals surface area (Å²) < 4.78 is 6.15. The summed E-state index contributed by atoms with van der Waals surface area (Å²) in [7, 11) is 0. The first-order valence-corrected chi connectivity index (χ1v) is 7.22. The van der Waals surface area contributed by atoms with Gasteiger partial charge >= 0.3 is 0 Å². The fraction of sp³-hybridized carbons (Fsp3) is 0.625. The van der Waals surface area contributed by atoms with Crippen molar-refractivity contribution in [3.8, 4) is 5.75 Å². The van der Waals surface area contributed by atoms with Crippen LogP contribution in [0.2, 0.25) is 0 Å². The monoisotopic (exact) mass is 245 g/mol. The predicted molar refractivity (Wildman–Crippen MR) is 74.1 cm³/mol. The van der Waals surface area contributed by atoms with Gasteiger partial charge in [0.1, 0.15) is 5.75 Å². The van der Waals surface area contributed by atoms with Crippen LogP contribution in [0.4, 0.5) is 0 Å². The maximum Gasteiger partial charge on any atom is 0.127 e. The van der Waals surface area contributed by atoms with Crippen molar-refractivity contribution in [1.29, 1.82) is 0 Å². The van der Waals surface area contributed by atoms with Gasteiger partial charge in [0.2, 0.25) is 0 Å². The minimum atomic E-state index is 0.499. The number of rotatable bonds is 4. The number of nitrogens with one attached hydrogen (secondary N) is 1. The first-order valence-electron chi connectivity index (χ1n) is 7.22. The van der Waals surface area contributed by atoms with Crippen LogP contribution in [0.5, 0.6) is 5.75 Å². The van der Waals surface area contributed by atoms with Gasteiger partial charge in [-0.15, -0.1) is 0 Å². The van der Waals surface area contributed by atoms with Gasteiger partial charge in [-0.2, -0.15) is 0 Å². The zero-order valence-corrected chi connectivity index (χ0v) is 11.5. The standard InChI is InChI=1S/C16H23NO/c1-11-5-8-14(15-4-3-9-17-15)16(12(11)2)18-10-13-6-7-13/h5,8,13,15,17H,3-4,6-7,9-10H2,1-2H3. The van der Waals surface area contributed by atoms with E-state index in [-0.39, 0.29) is 0 Å². The first kappa shape index (κ1) is 12.0. The molecule has 0 radical (unpaired) electrons. The van der Waals surface area contributed by atoms with Gasteiger partial charge in [-0.3, -0.25) is 0 Å². The van der Waals surface area contributed by atoms with E-state index in [1.807, 2.05) is 0 Å². The van der Waals surface area contributed by atoms with Gasteiger partial charge in [-0.25, -0.2) is 0 Å². The summed E-state index contributed by atoms with van der Waals surface area (Å²) in [4.78, 5) is 0. The van der Waals surface area contributed by atoms with E-state index in [0.717, 1.165) is 24.8 Å². The summed E-state index contributed by atoms with van der Waals surface area (Å²) in [6.45, 7) is 6.41. The number of benzene rings is 1. The molecule has 1 aliphatic carbocycles. The number of ether oxygens (including phenoxy) is 1. The van der Waals surface area contributed by atoms with Crippen LogP contribution in [0, 0.1) is 19.8 Å². The van der Waals surface area contributed by atoms with E-state index in [1.54, 1.807) is 0 Å². The number of aryl methyl sites for hydroxylation is 1. The molecule has 2 heteroatoms. The molecule has 1 saturated carbocycles. The molecule has 2 fully saturated rings. The van der Waals surface area contributed by atoms with E-state index in [1.165, 1.54) is 42.4 Å². The molecule has 1 N–H and O–H groups in total. The van der Waals surface area contributed by atoms with Crippen LogP contribution in [-0.4, -0.2) is 13.2 Å². The van der Waals surface area contributed by atoms with E-state index >= 15 is 0 Å². The lowest BCUT2D eigenvalue weighted by Gasteiger charge is -2.20. The van der Waals surface area contributed by atoms with Crippen molar-refractivity contribution >= 4 is 0 Å². The Morgan fingerprint density at radius 3 is 2.72 bits per heavy atom. The van der Waals surface area contributed by atoms with Crippen molar-refractivity contribution in [3.05, 3.63) is 28.8 Å². The third-order valence-corrected chi connectivity index (χ3v) is 4.30.